The number of halogens is 1. The highest BCUT2D eigenvalue weighted by molar-refractivity contribution is 7.92. The molecule has 1 aliphatic heterocycles. The van der Waals surface area contributed by atoms with Crippen molar-refractivity contribution in [3.8, 4) is 6.07 Å². The molecule has 2 N–H and O–H groups in total. The molecule has 1 aliphatic rings. The van der Waals surface area contributed by atoms with E-state index in [-0.39, 0.29) is 35.2 Å². The van der Waals surface area contributed by atoms with E-state index in [1.807, 2.05) is 32.9 Å². The van der Waals surface area contributed by atoms with Gasteiger partial charge in [0.05, 0.1) is 30.2 Å². The Balaban J connectivity index is 1.52. The van der Waals surface area contributed by atoms with Gasteiger partial charge in [0.1, 0.15) is 22.4 Å². The number of nitrogens with zero attached hydrogens (tertiary/aromatic N) is 7. The van der Waals surface area contributed by atoms with Crippen LogP contribution in [-0.2, 0) is 34.1 Å². The van der Waals surface area contributed by atoms with Gasteiger partial charge < -0.3 is 20.3 Å². The van der Waals surface area contributed by atoms with Gasteiger partial charge in [0.15, 0.2) is 11.6 Å². The first-order valence-corrected chi connectivity index (χ1v) is 15.3. The van der Waals surface area contributed by atoms with Gasteiger partial charge in [0.25, 0.3) is 0 Å². The highest BCUT2D eigenvalue weighted by atomic mass is 35.5. The van der Waals surface area contributed by atoms with Crippen LogP contribution in [0.25, 0.3) is 0 Å². The second-order valence-electron chi connectivity index (χ2n) is 10.7. The minimum Gasteiger partial charge on any atom is -0.444 e. The fourth-order valence-electron chi connectivity index (χ4n) is 4.23. The molecule has 3 aromatic rings. The number of aromatic nitrogens is 4. The van der Waals surface area contributed by atoms with E-state index in [1.165, 1.54) is 25.6 Å². The van der Waals surface area contributed by atoms with Crippen LogP contribution in [0, 0.1) is 11.3 Å². The lowest BCUT2D eigenvalue weighted by atomic mass is 9.99. The predicted molar refractivity (Wildman–Crippen MR) is 159 cm³/mol. The second-order valence-corrected chi connectivity index (χ2v) is 13.1. The zero-order valence-electron chi connectivity index (χ0n) is 24.0. The van der Waals surface area contributed by atoms with Crippen molar-refractivity contribution in [2.24, 2.45) is 0 Å². The zero-order valence-corrected chi connectivity index (χ0v) is 25.5. The SMILES string of the molecule is CN(c1nccnc1CNc1nc(Nc2cc3c(cc2C#N)CCN(C(=O)OC(C)(C)C)CC3)ncc1Cl)S(C)(=O)=O. The van der Waals surface area contributed by atoms with Crippen molar-refractivity contribution < 1.29 is 17.9 Å². The van der Waals surface area contributed by atoms with Crippen molar-refractivity contribution in [1.82, 2.24) is 24.8 Å². The smallest absolute Gasteiger partial charge is 0.410 e. The summed E-state index contributed by atoms with van der Waals surface area (Å²) in [5.74, 6) is 0.633. The van der Waals surface area contributed by atoms with E-state index in [2.05, 4.69) is 36.6 Å². The molecule has 0 unspecified atom stereocenters. The van der Waals surface area contributed by atoms with E-state index in [0.717, 1.165) is 21.7 Å². The molecule has 42 heavy (non-hydrogen) atoms. The first kappa shape index (κ1) is 30.7. The molecule has 0 bridgehead atoms. The first-order valence-electron chi connectivity index (χ1n) is 13.1. The van der Waals surface area contributed by atoms with Gasteiger partial charge in [0, 0.05) is 32.5 Å². The lowest BCUT2D eigenvalue weighted by molar-refractivity contribution is 0.0258. The summed E-state index contributed by atoms with van der Waals surface area (Å²) in [6.07, 6.45) is 6.17. The molecule has 0 fully saturated rings. The Morgan fingerprint density at radius 1 is 1.17 bits per heavy atom. The fraction of sp³-hybridized carbons (Fsp3) is 0.407. The number of amides is 1. The number of nitriles is 1. The summed E-state index contributed by atoms with van der Waals surface area (Å²) < 4.78 is 30.6. The Labute approximate surface area is 250 Å². The molecule has 1 aromatic carbocycles. The number of fused-ring (bicyclic) bond motifs is 1. The Kier molecular flexibility index (Phi) is 9.03. The van der Waals surface area contributed by atoms with Crippen LogP contribution >= 0.6 is 11.6 Å². The summed E-state index contributed by atoms with van der Waals surface area (Å²) in [5.41, 5.74) is 2.69. The number of sulfonamides is 1. The first-order chi connectivity index (χ1) is 19.7. The van der Waals surface area contributed by atoms with Crippen molar-refractivity contribution in [3.63, 3.8) is 0 Å². The quantitative estimate of drug-likeness (QED) is 0.397. The second kappa shape index (κ2) is 12.3. The third kappa shape index (κ3) is 7.54. The Bertz CT molecular complexity index is 1640. The van der Waals surface area contributed by atoms with Gasteiger partial charge in [-0.2, -0.15) is 10.2 Å². The summed E-state index contributed by atoms with van der Waals surface area (Å²) in [7, 11) is -2.16. The molecular weight excluding hydrogens is 582 g/mol. The van der Waals surface area contributed by atoms with Crippen LogP contribution in [0.5, 0.6) is 0 Å². The van der Waals surface area contributed by atoms with Crippen LogP contribution in [0.3, 0.4) is 0 Å². The van der Waals surface area contributed by atoms with E-state index in [4.69, 9.17) is 16.3 Å². The number of benzene rings is 1. The molecule has 2 aromatic heterocycles. The monoisotopic (exact) mass is 613 g/mol. The molecule has 0 radical (unpaired) electrons. The van der Waals surface area contributed by atoms with Crippen molar-refractivity contribution in [1.29, 1.82) is 5.26 Å². The predicted octanol–water partition coefficient (Wildman–Crippen LogP) is 3.88. The molecule has 13 nitrogen and oxygen atoms in total. The van der Waals surface area contributed by atoms with Gasteiger partial charge >= 0.3 is 6.09 Å². The number of carbonyl (C=O) groups is 1. The zero-order chi connectivity index (χ0) is 30.7. The normalized spacial score (nSPS) is 13.4. The molecule has 222 valence electrons. The van der Waals surface area contributed by atoms with Gasteiger partial charge in [-0.1, -0.05) is 11.6 Å². The van der Waals surface area contributed by atoms with Crippen LogP contribution in [-0.4, -0.2) is 71.3 Å². The van der Waals surface area contributed by atoms with Crippen molar-refractivity contribution >= 4 is 51.0 Å². The number of carbonyl (C=O) groups excluding carboxylic acids is 1. The Morgan fingerprint density at radius 3 is 2.48 bits per heavy atom. The van der Waals surface area contributed by atoms with Crippen LogP contribution in [0.4, 0.5) is 28.1 Å². The van der Waals surface area contributed by atoms with E-state index in [0.29, 0.717) is 42.9 Å². The molecule has 4 rings (SSSR count). The van der Waals surface area contributed by atoms with Crippen LogP contribution in [0.15, 0.2) is 30.7 Å². The third-order valence-electron chi connectivity index (χ3n) is 6.38. The van der Waals surface area contributed by atoms with Gasteiger partial charge in [-0.15, -0.1) is 0 Å². The maximum atomic E-state index is 12.6. The number of anilines is 4. The molecule has 15 heteroatoms. The fourth-order valence-corrected chi connectivity index (χ4v) is 4.85. The minimum atomic E-state index is -3.55. The molecular formula is C27H32ClN9O4S. The van der Waals surface area contributed by atoms with Gasteiger partial charge in [-0.05, 0) is 56.9 Å². The molecule has 0 atom stereocenters. The minimum absolute atomic E-state index is 0.0790. The van der Waals surface area contributed by atoms with E-state index in [1.54, 1.807) is 4.90 Å². The lowest BCUT2D eigenvalue weighted by Gasteiger charge is -2.26. The Hall–Kier alpha value is -4.22. The maximum Gasteiger partial charge on any atom is 0.410 e. The number of ether oxygens (including phenoxy) is 1. The van der Waals surface area contributed by atoms with Gasteiger partial charge in [-0.3, -0.25) is 9.29 Å². The highest BCUT2D eigenvalue weighted by Gasteiger charge is 2.25. The highest BCUT2D eigenvalue weighted by Crippen LogP contribution is 2.28. The average molecular weight is 614 g/mol. The standard InChI is InChI=1S/C27H32ClN9O4S/c1-27(2,3)41-26(38)37-10-6-17-12-19(14-29)21(13-18(17)7-11-37)34-25-33-15-20(28)23(35-25)32-16-22-24(31-9-8-30-22)36(4)42(5,39)40/h8-9,12-13,15H,6-7,10-11,16H2,1-5H3,(H2,32,33,34,35). The van der Waals surface area contributed by atoms with Crippen molar-refractivity contribution in [2.75, 3.05) is 41.3 Å². The number of hydrogen-bond acceptors (Lipinski definition) is 11. The van der Waals surface area contributed by atoms with Crippen LogP contribution < -0.4 is 14.9 Å². The van der Waals surface area contributed by atoms with Crippen molar-refractivity contribution in [2.45, 2.75) is 45.8 Å². The molecule has 1 amide bonds. The molecule has 0 aliphatic carbocycles. The van der Waals surface area contributed by atoms with E-state index < -0.39 is 15.6 Å². The Morgan fingerprint density at radius 2 is 1.83 bits per heavy atom. The molecule has 3 heterocycles. The topological polar surface area (TPSA) is 166 Å². The summed E-state index contributed by atoms with van der Waals surface area (Å²) in [4.78, 5) is 31.4. The number of rotatable bonds is 7. The summed E-state index contributed by atoms with van der Waals surface area (Å²) in [6, 6.07) is 5.92. The number of nitrogens with one attached hydrogen (secondary N) is 2. The van der Waals surface area contributed by atoms with Gasteiger partial charge in [-0.25, -0.2) is 23.2 Å². The van der Waals surface area contributed by atoms with Crippen LogP contribution in [0.1, 0.15) is 43.2 Å². The molecule has 0 saturated heterocycles. The number of hydrogen-bond donors (Lipinski definition) is 2. The maximum absolute atomic E-state index is 12.6. The largest absolute Gasteiger partial charge is 0.444 e. The lowest BCUT2D eigenvalue weighted by Crippen LogP contribution is -2.38. The van der Waals surface area contributed by atoms with Crippen LogP contribution in [0.2, 0.25) is 5.02 Å². The third-order valence-corrected chi connectivity index (χ3v) is 7.82. The molecule has 0 saturated carbocycles. The summed E-state index contributed by atoms with van der Waals surface area (Å²) >= 11 is 6.34. The summed E-state index contributed by atoms with van der Waals surface area (Å²) in [6.45, 7) is 6.55. The van der Waals surface area contributed by atoms with Crippen molar-refractivity contribution in [3.05, 3.63) is 58.1 Å². The van der Waals surface area contributed by atoms with E-state index in [9.17, 15) is 18.5 Å². The van der Waals surface area contributed by atoms with Gasteiger partial charge in [0.2, 0.25) is 16.0 Å². The average Bonchev–Trinajstić information content (AvgIpc) is 3.13. The van der Waals surface area contributed by atoms with E-state index >= 15 is 0 Å². The molecule has 0 spiro atoms. The summed E-state index contributed by atoms with van der Waals surface area (Å²) in [5, 5.41) is 16.3.